The van der Waals surface area contributed by atoms with Crippen molar-refractivity contribution in [2.75, 3.05) is 12.3 Å². The third-order valence-corrected chi connectivity index (χ3v) is 5.52. The number of hydrogen-bond acceptors (Lipinski definition) is 4. The van der Waals surface area contributed by atoms with Crippen molar-refractivity contribution in [1.82, 2.24) is 10.3 Å². The average Bonchev–Trinajstić information content (AvgIpc) is 2.62. The summed E-state index contributed by atoms with van der Waals surface area (Å²) in [4.78, 5) is 4.67. The number of hydrogen-bond donors (Lipinski definition) is 1. The standard InChI is InChI=1S/C13H22N2S2/c1-10(2)16-8-7-14-13(5-4-6-13)12-15-11(3)9-17-12/h9-10,14H,4-8H2,1-3H3. The Kier molecular flexibility index (Phi) is 4.50. The highest BCUT2D eigenvalue weighted by Gasteiger charge is 2.40. The van der Waals surface area contributed by atoms with E-state index in [9.17, 15) is 0 Å². The van der Waals surface area contributed by atoms with Crippen LogP contribution in [-0.2, 0) is 5.54 Å². The number of aromatic nitrogens is 1. The molecule has 0 aliphatic heterocycles. The van der Waals surface area contributed by atoms with Gasteiger partial charge in [0.1, 0.15) is 5.01 Å². The van der Waals surface area contributed by atoms with Gasteiger partial charge in [0.25, 0.3) is 0 Å². The number of nitrogens with one attached hydrogen (secondary N) is 1. The number of nitrogens with zero attached hydrogens (tertiary/aromatic N) is 1. The summed E-state index contributed by atoms with van der Waals surface area (Å²) in [6.07, 6.45) is 3.85. The van der Waals surface area contributed by atoms with Gasteiger partial charge < -0.3 is 5.32 Å². The predicted octanol–water partition coefficient (Wildman–Crippen LogP) is 3.56. The maximum atomic E-state index is 4.67. The molecule has 0 saturated heterocycles. The van der Waals surface area contributed by atoms with Crippen molar-refractivity contribution in [1.29, 1.82) is 0 Å². The van der Waals surface area contributed by atoms with Gasteiger partial charge in [0, 0.05) is 23.4 Å². The van der Waals surface area contributed by atoms with E-state index in [1.54, 1.807) is 0 Å². The highest BCUT2D eigenvalue weighted by Crippen LogP contribution is 2.42. The molecule has 0 radical (unpaired) electrons. The zero-order chi connectivity index (χ0) is 12.3. The fraction of sp³-hybridized carbons (Fsp3) is 0.769. The zero-order valence-electron chi connectivity index (χ0n) is 11.0. The molecule has 0 spiro atoms. The Morgan fingerprint density at radius 1 is 1.53 bits per heavy atom. The van der Waals surface area contributed by atoms with Crippen molar-refractivity contribution in [2.24, 2.45) is 0 Å². The van der Waals surface area contributed by atoms with E-state index in [-0.39, 0.29) is 5.54 Å². The molecule has 1 aromatic rings. The van der Waals surface area contributed by atoms with Gasteiger partial charge in [0.05, 0.1) is 5.54 Å². The first-order chi connectivity index (χ1) is 8.12. The first-order valence-electron chi connectivity index (χ1n) is 6.42. The molecule has 0 aromatic carbocycles. The van der Waals surface area contributed by atoms with E-state index < -0.39 is 0 Å². The third kappa shape index (κ3) is 3.24. The minimum absolute atomic E-state index is 0.219. The molecule has 4 heteroatoms. The van der Waals surface area contributed by atoms with Crippen molar-refractivity contribution in [3.63, 3.8) is 0 Å². The summed E-state index contributed by atoms with van der Waals surface area (Å²) >= 11 is 3.84. The maximum absolute atomic E-state index is 4.67. The van der Waals surface area contributed by atoms with Crippen LogP contribution in [0.5, 0.6) is 0 Å². The van der Waals surface area contributed by atoms with Crippen LogP contribution in [0.2, 0.25) is 0 Å². The van der Waals surface area contributed by atoms with E-state index in [0.29, 0.717) is 0 Å². The number of thiazole rings is 1. The van der Waals surface area contributed by atoms with Gasteiger partial charge in [-0.25, -0.2) is 4.98 Å². The van der Waals surface area contributed by atoms with Gasteiger partial charge in [-0.05, 0) is 31.4 Å². The van der Waals surface area contributed by atoms with Crippen molar-refractivity contribution < 1.29 is 0 Å². The van der Waals surface area contributed by atoms with Crippen LogP contribution >= 0.6 is 23.1 Å². The molecule has 1 saturated carbocycles. The number of rotatable bonds is 6. The van der Waals surface area contributed by atoms with Gasteiger partial charge in [-0.1, -0.05) is 13.8 Å². The Morgan fingerprint density at radius 2 is 2.29 bits per heavy atom. The summed E-state index contributed by atoms with van der Waals surface area (Å²) in [5, 5.41) is 7.95. The van der Waals surface area contributed by atoms with Gasteiger partial charge >= 0.3 is 0 Å². The lowest BCUT2D eigenvalue weighted by molar-refractivity contribution is 0.190. The number of aryl methyl sites for hydroxylation is 1. The normalized spacial score (nSPS) is 18.4. The van der Waals surface area contributed by atoms with E-state index >= 15 is 0 Å². The van der Waals surface area contributed by atoms with Gasteiger partial charge in [-0.3, -0.25) is 0 Å². The smallest absolute Gasteiger partial charge is 0.113 e. The Hall–Kier alpha value is -0.0600. The lowest BCUT2D eigenvalue weighted by Crippen LogP contribution is -2.48. The molecule has 1 aliphatic carbocycles. The minimum atomic E-state index is 0.219. The predicted molar refractivity (Wildman–Crippen MR) is 78.0 cm³/mol. The van der Waals surface area contributed by atoms with Crippen molar-refractivity contribution >= 4 is 23.1 Å². The summed E-state index contributed by atoms with van der Waals surface area (Å²) in [5.74, 6) is 1.20. The van der Waals surface area contributed by atoms with Gasteiger partial charge in [0.2, 0.25) is 0 Å². The second-order valence-corrected chi connectivity index (χ2v) is 7.62. The Balaban J connectivity index is 1.87. The van der Waals surface area contributed by atoms with Crippen LogP contribution in [0.15, 0.2) is 5.38 Å². The van der Waals surface area contributed by atoms with Crippen molar-refractivity contribution in [3.8, 4) is 0 Å². The molecule has 0 amide bonds. The van der Waals surface area contributed by atoms with Crippen molar-refractivity contribution in [2.45, 2.75) is 50.8 Å². The van der Waals surface area contributed by atoms with E-state index in [2.05, 4.69) is 36.5 Å². The van der Waals surface area contributed by atoms with E-state index in [1.165, 1.54) is 30.0 Å². The molecule has 1 heterocycles. The van der Waals surface area contributed by atoms with E-state index in [1.807, 2.05) is 23.1 Å². The molecule has 2 rings (SSSR count). The molecular weight excluding hydrogens is 248 g/mol. The second-order valence-electron chi connectivity index (χ2n) is 5.08. The van der Waals surface area contributed by atoms with Crippen LogP contribution in [0.4, 0.5) is 0 Å². The van der Waals surface area contributed by atoms with Crippen LogP contribution in [0.25, 0.3) is 0 Å². The highest BCUT2D eigenvalue weighted by atomic mass is 32.2. The molecule has 0 bridgehead atoms. The molecule has 17 heavy (non-hydrogen) atoms. The van der Waals surface area contributed by atoms with Crippen LogP contribution in [0, 0.1) is 6.92 Å². The molecule has 96 valence electrons. The Bertz CT molecular complexity index is 356. The summed E-state index contributed by atoms with van der Waals surface area (Å²) < 4.78 is 0. The topological polar surface area (TPSA) is 24.9 Å². The monoisotopic (exact) mass is 270 g/mol. The first kappa shape index (κ1) is 13.4. The van der Waals surface area contributed by atoms with Crippen LogP contribution in [-0.4, -0.2) is 22.5 Å². The van der Waals surface area contributed by atoms with Crippen LogP contribution in [0.3, 0.4) is 0 Å². The zero-order valence-corrected chi connectivity index (χ0v) is 12.6. The highest BCUT2D eigenvalue weighted by molar-refractivity contribution is 7.99. The van der Waals surface area contributed by atoms with Gasteiger partial charge in [-0.15, -0.1) is 11.3 Å². The fourth-order valence-electron chi connectivity index (χ4n) is 2.16. The quantitative estimate of drug-likeness (QED) is 0.800. The molecule has 1 aromatic heterocycles. The Morgan fingerprint density at radius 3 is 2.76 bits per heavy atom. The van der Waals surface area contributed by atoms with Crippen LogP contribution < -0.4 is 5.32 Å². The summed E-state index contributed by atoms with van der Waals surface area (Å²) in [7, 11) is 0. The van der Waals surface area contributed by atoms with Crippen molar-refractivity contribution in [3.05, 3.63) is 16.1 Å². The lowest BCUT2D eigenvalue weighted by atomic mass is 9.77. The van der Waals surface area contributed by atoms with Gasteiger partial charge in [0.15, 0.2) is 0 Å². The summed E-state index contributed by atoms with van der Waals surface area (Å²) in [6, 6.07) is 0. The molecular formula is C13H22N2S2. The molecule has 1 fully saturated rings. The molecule has 0 atom stereocenters. The lowest BCUT2D eigenvalue weighted by Gasteiger charge is -2.41. The summed E-state index contributed by atoms with van der Waals surface area (Å²) in [5.41, 5.74) is 1.38. The third-order valence-electron chi connectivity index (χ3n) is 3.25. The van der Waals surface area contributed by atoms with Gasteiger partial charge in [-0.2, -0.15) is 11.8 Å². The maximum Gasteiger partial charge on any atom is 0.113 e. The van der Waals surface area contributed by atoms with E-state index in [4.69, 9.17) is 0 Å². The Labute approximate surface area is 113 Å². The molecule has 2 nitrogen and oxygen atoms in total. The van der Waals surface area contributed by atoms with Crippen LogP contribution in [0.1, 0.15) is 43.8 Å². The molecule has 1 aliphatic rings. The minimum Gasteiger partial charge on any atom is -0.305 e. The molecule has 0 unspecified atom stereocenters. The average molecular weight is 270 g/mol. The largest absolute Gasteiger partial charge is 0.305 e. The molecule has 1 N–H and O–H groups in total. The fourth-order valence-corrected chi connectivity index (χ4v) is 3.88. The number of thioether (sulfide) groups is 1. The summed E-state index contributed by atoms with van der Waals surface area (Å²) in [6.45, 7) is 7.70. The van der Waals surface area contributed by atoms with E-state index in [0.717, 1.165) is 17.5 Å². The SMILES string of the molecule is Cc1csc(C2(NCCSC(C)C)CCC2)n1. The first-order valence-corrected chi connectivity index (χ1v) is 8.34. The second kappa shape index (κ2) is 5.72.